The van der Waals surface area contributed by atoms with Gasteiger partial charge in [-0.05, 0) is 69.2 Å². The third kappa shape index (κ3) is 7.82. The van der Waals surface area contributed by atoms with Crippen molar-refractivity contribution in [2.45, 2.75) is 96.9 Å². The van der Waals surface area contributed by atoms with Crippen LogP contribution in [0.4, 0.5) is 0 Å². The maximum absolute atomic E-state index is 12.8. The number of carbonyl (C=O) groups is 5. The summed E-state index contributed by atoms with van der Waals surface area (Å²) in [6, 6.07) is 0. The highest BCUT2D eigenvalue weighted by atomic mass is 16.4. The fraction of sp³-hybridized carbons (Fsp3) is 0.750. The minimum absolute atomic E-state index is 0.547. The number of aliphatic carboxylic acids is 1. The smallest absolute Gasteiger partial charge is 0.328 e. The molecule has 0 heterocycles. The standard InChI is InChI=1S/C20H37N5O6/c1-16(2,21)11(26)22-17(3,4)12(27)23-18(5,6)13(28)24-19(7,8)14(29)25-20(9,10)15(30)31/h21H2,1-10H3,(H,22,26)(H,23,27)(H,24,28)(H,25,29)(H,30,31). The average molecular weight is 444 g/mol. The van der Waals surface area contributed by atoms with Crippen molar-refractivity contribution in [3.05, 3.63) is 0 Å². The summed E-state index contributed by atoms with van der Waals surface area (Å²) in [6.07, 6.45) is 0. The summed E-state index contributed by atoms with van der Waals surface area (Å²) in [5, 5.41) is 19.1. The molecule has 0 rings (SSSR count). The molecule has 0 atom stereocenters. The maximum atomic E-state index is 12.8. The first kappa shape index (κ1) is 28.3. The van der Waals surface area contributed by atoms with Crippen LogP contribution in [0.15, 0.2) is 0 Å². The normalized spacial score (nSPS) is 13.1. The molecular weight excluding hydrogens is 406 g/mol. The molecule has 0 aromatic rings. The van der Waals surface area contributed by atoms with Gasteiger partial charge in [0, 0.05) is 0 Å². The van der Waals surface area contributed by atoms with Gasteiger partial charge in [0.05, 0.1) is 5.54 Å². The second-order valence-electron chi connectivity index (χ2n) is 10.3. The van der Waals surface area contributed by atoms with E-state index in [4.69, 9.17) is 10.8 Å². The Kier molecular flexibility index (Phi) is 8.05. The minimum Gasteiger partial charge on any atom is -0.480 e. The van der Waals surface area contributed by atoms with E-state index in [2.05, 4.69) is 21.3 Å². The van der Waals surface area contributed by atoms with E-state index in [9.17, 15) is 24.0 Å². The van der Waals surface area contributed by atoms with Gasteiger partial charge in [0.15, 0.2) is 0 Å². The van der Waals surface area contributed by atoms with E-state index in [-0.39, 0.29) is 0 Å². The zero-order valence-electron chi connectivity index (χ0n) is 20.1. The Morgan fingerprint density at radius 2 is 0.742 bits per heavy atom. The van der Waals surface area contributed by atoms with Gasteiger partial charge in [-0.25, -0.2) is 4.79 Å². The predicted octanol–water partition coefficient (Wildman–Crippen LogP) is -0.612. The zero-order valence-corrected chi connectivity index (χ0v) is 20.1. The van der Waals surface area contributed by atoms with Crippen LogP contribution in [0.3, 0.4) is 0 Å². The number of carboxylic acid groups (broad SMARTS) is 1. The zero-order chi connectivity index (χ0) is 25.2. The largest absolute Gasteiger partial charge is 0.480 e. The van der Waals surface area contributed by atoms with Crippen molar-refractivity contribution >= 4 is 29.6 Å². The Hall–Kier alpha value is -2.69. The molecule has 11 heteroatoms. The number of carbonyl (C=O) groups excluding carboxylic acids is 4. The number of nitrogens with one attached hydrogen (secondary N) is 4. The molecule has 0 aromatic carbocycles. The van der Waals surface area contributed by atoms with Gasteiger partial charge in [-0.2, -0.15) is 0 Å². The second-order valence-corrected chi connectivity index (χ2v) is 10.3. The molecule has 0 aromatic heterocycles. The molecule has 4 amide bonds. The van der Waals surface area contributed by atoms with E-state index >= 15 is 0 Å². The lowest BCUT2D eigenvalue weighted by Gasteiger charge is -2.36. The Morgan fingerprint density at radius 1 is 0.516 bits per heavy atom. The quantitative estimate of drug-likeness (QED) is 0.275. The number of amides is 4. The van der Waals surface area contributed by atoms with Crippen LogP contribution in [0.1, 0.15) is 69.2 Å². The number of carboxylic acids is 1. The lowest BCUT2D eigenvalue weighted by Crippen LogP contribution is -2.68. The summed E-state index contributed by atoms with van der Waals surface area (Å²) in [6.45, 7) is 14.2. The monoisotopic (exact) mass is 443 g/mol. The Labute approximate surface area is 183 Å². The molecule has 11 nitrogen and oxygen atoms in total. The van der Waals surface area contributed by atoms with Crippen molar-refractivity contribution < 1.29 is 29.1 Å². The SMILES string of the molecule is CC(C)(N)C(=O)NC(C)(C)C(=O)NC(C)(C)C(=O)NC(C)(C)C(=O)NC(C)(C)C(=O)O. The summed E-state index contributed by atoms with van der Waals surface area (Å²) >= 11 is 0. The Balaban J connectivity index is 5.33. The van der Waals surface area contributed by atoms with Gasteiger partial charge in [0.2, 0.25) is 23.6 Å². The van der Waals surface area contributed by atoms with Gasteiger partial charge in [0.25, 0.3) is 0 Å². The van der Waals surface area contributed by atoms with Gasteiger partial charge >= 0.3 is 5.97 Å². The highest BCUT2D eigenvalue weighted by Gasteiger charge is 2.42. The van der Waals surface area contributed by atoms with Crippen LogP contribution in [0, 0.1) is 0 Å². The molecule has 0 saturated heterocycles. The van der Waals surface area contributed by atoms with Crippen molar-refractivity contribution in [1.29, 1.82) is 0 Å². The summed E-state index contributed by atoms with van der Waals surface area (Å²) in [4.78, 5) is 61.4. The number of nitrogens with two attached hydrogens (primary N) is 1. The molecule has 0 unspecified atom stereocenters. The first-order valence-electron chi connectivity index (χ1n) is 9.78. The van der Waals surface area contributed by atoms with Crippen LogP contribution >= 0.6 is 0 Å². The molecule has 31 heavy (non-hydrogen) atoms. The van der Waals surface area contributed by atoms with Crippen molar-refractivity contribution in [3.63, 3.8) is 0 Å². The van der Waals surface area contributed by atoms with E-state index < -0.39 is 57.3 Å². The molecule has 0 radical (unpaired) electrons. The summed E-state index contributed by atoms with van der Waals surface area (Å²) < 4.78 is 0. The van der Waals surface area contributed by atoms with Crippen LogP contribution in [-0.4, -0.2) is 62.4 Å². The highest BCUT2D eigenvalue weighted by Crippen LogP contribution is 2.14. The third-order valence-corrected chi connectivity index (χ3v) is 4.53. The Morgan fingerprint density at radius 3 is 0.968 bits per heavy atom. The molecular formula is C20H37N5O6. The van der Waals surface area contributed by atoms with E-state index in [1.807, 2.05) is 0 Å². The molecule has 0 bridgehead atoms. The van der Waals surface area contributed by atoms with Gasteiger partial charge in [-0.1, -0.05) is 0 Å². The molecule has 7 N–H and O–H groups in total. The second kappa shape index (κ2) is 8.81. The molecule has 0 fully saturated rings. The predicted molar refractivity (Wildman–Crippen MR) is 115 cm³/mol. The van der Waals surface area contributed by atoms with Crippen molar-refractivity contribution in [3.8, 4) is 0 Å². The summed E-state index contributed by atoms with van der Waals surface area (Å²) in [5.74, 6) is -3.82. The molecule has 0 saturated carbocycles. The van der Waals surface area contributed by atoms with Crippen LogP contribution in [0.2, 0.25) is 0 Å². The fourth-order valence-corrected chi connectivity index (χ4v) is 1.99. The number of hydrogen-bond acceptors (Lipinski definition) is 6. The van der Waals surface area contributed by atoms with E-state index in [1.165, 1.54) is 69.2 Å². The maximum Gasteiger partial charge on any atom is 0.328 e. The molecule has 0 aliphatic carbocycles. The van der Waals surface area contributed by atoms with Crippen LogP contribution in [0.25, 0.3) is 0 Å². The average Bonchev–Trinajstić information content (AvgIpc) is 2.51. The first-order chi connectivity index (χ1) is 13.5. The molecule has 178 valence electrons. The number of rotatable bonds is 9. The van der Waals surface area contributed by atoms with Crippen molar-refractivity contribution in [2.75, 3.05) is 0 Å². The molecule has 0 aliphatic rings. The summed E-state index contributed by atoms with van der Waals surface area (Å²) in [7, 11) is 0. The third-order valence-electron chi connectivity index (χ3n) is 4.53. The van der Waals surface area contributed by atoms with Gasteiger partial charge in [-0.3, -0.25) is 19.2 Å². The van der Waals surface area contributed by atoms with Gasteiger partial charge in [-0.15, -0.1) is 0 Å². The topological polar surface area (TPSA) is 180 Å². The summed E-state index contributed by atoms with van der Waals surface area (Å²) in [5.41, 5.74) is -1.31. The molecule has 0 aliphatic heterocycles. The molecule has 0 spiro atoms. The van der Waals surface area contributed by atoms with Crippen LogP contribution < -0.4 is 27.0 Å². The minimum atomic E-state index is -1.54. The van der Waals surface area contributed by atoms with Crippen LogP contribution in [-0.2, 0) is 24.0 Å². The van der Waals surface area contributed by atoms with Crippen molar-refractivity contribution in [2.24, 2.45) is 5.73 Å². The van der Waals surface area contributed by atoms with E-state index in [1.54, 1.807) is 0 Å². The van der Waals surface area contributed by atoms with Crippen molar-refractivity contribution in [1.82, 2.24) is 21.3 Å². The van der Waals surface area contributed by atoms with E-state index in [0.29, 0.717) is 0 Å². The van der Waals surface area contributed by atoms with E-state index in [0.717, 1.165) is 0 Å². The Bertz CT molecular complexity index is 763. The lowest BCUT2D eigenvalue weighted by molar-refractivity contribution is -0.147. The fourth-order valence-electron chi connectivity index (χ4n) is 1.99. The highest BCUT2D eigenvalue weighted by molar-refractivity contribution is 5.99. The van der Waals surface area contributed by atoms with Crippen LogP contribution in [0.5, 0.6) is 0 Å². The lowest BCUT2D eigenvalue weighted by atomic mass is 9.95. The van der Waals surface area contributed by atoms with Gasteiger partial charge < -0.3 is 32.1 Å². The van der Waals surface area contributed by atoms with Gasteiger partial charge in [0.1, 0.15) is 22.2 Å². The number of hydrogen-bond donors (Lipinski definition) is 6. The first-order valence-corrected chi connectivity index (χ1v) is 9.78.